The Balaban J connectivity index is 1.45. The lowest BCUT2D eigenvalue weighted by Crippen LogP contribution is -2.33. The van der Waals surface area contributed by atoms with Crippen LogP contribution in [0.25, 0.3) is 11.1 Å². The molecule has 1 aliphatic heterocycles. The third kappa shape index (κ3) is 5.98. The van der Waals surface area contributed by atoms with Gasteiger partial charge in [-0.3, -0.25) is 19.5 Å². The van der Waals surface area contributed by atoms with Crippen molar-refractivity contribution in [1.82, 2.24) is 20.6 Å². The first kappa shape index (κ1) is 26.8. The summed E-state index contributed by atoms with van der Waals surface area (Å²) in [5.74, 6) is -0.765. The van der Waals surface area contributed by atoms with E-state index in [1.54, 1.807) is 43.3 Å². The number of benzene rings is 2. The van der Waals surface area contributed by atoms with Crippen molar-refractivity contribution in [3.05, 3.63) is 85.9 Å². The summed E-state index contributed by atoms with van der Waals surface area (Å²) in [7, 11) is 0. The van der Waals surface area contributed by atoms with Gasteiger partial charge in [0.1, 0.15) is 11.9 Å². The number of cyclic esters (lactones) is 1. The van der Waals surface area contributed by atoms with Crippen molar-refractivity contribution in [3.8, 4) is 11.1 Å². The standard InChI is InChI=1S/C26H28FN5O6/c1-14-21(24(35)31-25(36)30-14)11-29-23(13-33)17-5-3-16(4-6-17)20-8-7-18(9-22(20)27)32-12-19(38-26(32)37)10-28-15(2)34/h3-9,19,23,29,33H,10-13H2,1-2H3,(H,28,34)(H2,30,31,35,36)/t19-,23-/m0/s1. The number of aromatic amines is 2. The molecule has 3 aromatic rings. The first-order valence-corrected chi connectivity index (χ1v) is 11.9. The molecule has 11 nitrogen and oxygen atoms in total. The van der Waals surface area contributed by atoms with Gasteiger partial charge in [0.05, 0.1) is 37.0 Å². The molecule has 1 fully saturated rings. The number of hydrogen-bond donors (Lipinski definition) is 5. The minimum absolute atomic E-state index is 0.117. The minimum atomic E-state index is -0.613. The Morgan fingerprint density at radius 1 is 1.18 bits per heavy atom. The van der Waals surface area contributed by atoms with Gasteiger partial charge in [0.25, 0.3) is 5.56 Å². The van der Waals surface area contributed by atoms with E-state index in [2.05, 4.69) is 20.6 Å². The predicted octanol–water partition coefficient (Wildman–Crippen LogP) is 1.46. The van der Waals surface area contributed by atoms with Crippen LogP contribution in [0.2, 0.25) is 0 Å². The number of aliphatic hydroxyl groups excluding tert-OH is 1. The molecule has 2 atom stereocenters. The molecule has 2 heterocycles. The molecule has 1 saturated heterocycles. The number of carbonyl (C=O) groups is 2. The normalized spacial score (nSPS) is 15.8. The molecule has 4 rings (SSSR count). The van der Waals surface area contributed by atoms with Crippen LogP contribution in [-0.4, -0.2) is 52.9 Å². The van der Waals surface area contributed by atoms with Gasteiger partial charge in [-0.2, -0.15) is 0 Å². The lowest BCUT2D eigenvalue weighted by molar-refractivity contribution is -0.119. The maximum absolute atomic E-state index is 15.1. The number of H-pyrrole nitrogens is 2. The van der Waals surface area contributed by atoms with Crippen LogP contribution >= 0.6 is 0 Å². The molecule has 0 radical (unpaired) electrons. The number of halogens is 1. The molecule has 2 amide bonds. The van der Waals surface area contributed by atoms with Crippen molar-refractivity contribution in [2.24, 2.45) is 0 Å². The molecule has 1 aliphatic rings. The first-order chi connectivity index (χ1) is 18.2. The summed E-state index contributed by atoms with van der Waals surface area (Å²) in [6.07, 6.45) is -1.14. The van der Waals surface area contributed by atoms with Crippen LogP contribution in [0, 0.1) is 12.7 Å². The monoisotopic (exact) mass is 525 g/mol. The van der Waals surface area contributed by atoms with E-state index in [4.69, 9.17) is 4.74 Å². The summed E-state index contributed by atoms with van der Waals surface area (Å²) in [5, 5.41) is 15.6. The summed E-state index contributed by atoms with van der Waals surface area (Å²) >= 11 is 0. The molecule has 12 heteroatoms. The van der Waals surface area contributed by atoms with Crippen molar-refractivity contribution < 1.29 is 23.8 Å². The van der Waals surface area contributed by atoms with E-state index in [1.165, 1.54) is 17.9 Å². The Kier molecular flexibility index (Phi) is 8.03. The van der Waals surface area contributed by atoms with Gasteiger partial charge in [-0.25, -0.2) is 14.0 Å². The molecular formula is C26H28FN5O6. The molecule has 0 aliphatic carbocycles. The van der Waals surface area contributed by atoms with E-state index in [0.29, 0.717) is 28.1 Å². The number of aryl methyl sites for hydroxylation is 1. The highest BCUT2D eigenvalue weighted by molar-refractivity contribution is 5.90. The van der Waals surface area contributed by atoms with Gasteiger partial charge < -0.3 is 25.5 Å². The average molecular weight is 526 g/mol. The van der Waals surface area contributed by atoms with E-state index in [-0.39, 0.29) is 32.1 Å². The summed E-state index contributed by atoms with van der Waals surface area (Å²) in [5.41, 5.74) is 1.67. The number of nitrogens with zero attached hydrogens (tertiary/aromatic N) is 1. The maximum Gasteiger partial charge on any atom is 0.414 e. The second-order valence-electron chi connectivity index (χ2n) is 8.97. The van der Waals surface area contributed by atoms with Crippen LogP contribution in [0.1, 0.15) is 29.8 Å². The van der Waals surface area contributed by atoms with E-state index in [0.717, 1.165) is 5.56 Å². The fourth-order valence-corrected chi connectivity index (χ4v) is 4.25. The van der Waals surface area contributed by atoms with E-state index in [9.17, 15) is 24.3 Å². The van der Waals surface area contributed by atoms with Crippen molar-refractivity contribution in [2.75, 3.05) is 24.6 Å². The van der Waals surface area contributed by atoms with Crippen molar-refractivity contribution in [1.29, 1.82) is 0 Å². The minimum Gasteiger partial charge on any atom is -0.442 e. The number of ether oxygens (including phenoxy) is 1. The Morgan fingerprint density at radius 3 is 2.55 bits per heavy atom. The van der Waals surface area contributed by atoms with Gasteiger partial charge in [-0.15, -0.1) is 0 Å². The van der Waals surface area contributed by atoms with Crippen LogP contribution in [0.5, 0.6) is 0 Å². The molecule has 0 unspecified atom stereocenters. The quantitative estimate of drug-likeness (QED) is 0.283. The van der Waals surface area contributed by atoms with Crippen LogP contribution in [0.3, 0.4) is 0 Å². The van der Waals surface area contributed by atoms with Crippen molar-refractivity contribution in [3.63, 3.8) is 0 Å². The highest BCUT2D eigenvalue weighted by Gasteiger charge is 2.32. The summed E-state index contributed by atoms with van der Waals surface area (Å²) in [6.45, 7) is 3.21. The second kappa shape index (κ2) is 11.4. The number of anilines is 1. The lowest BCUT2D eigenvalue weighted by Gasteiger charge is -2.18. The van der Waals surface area contributed by atoms with Crippen LogP contribution < -0.4 is 26.8 Å². The zero-order chi connectivity index (χ0) is 27.4. The van der Waals surface area contributed by atoms with Gasteiger partial charge >= 0.3 is 11.8 Å². The fraction of sp³-hybridized carbons (Fsp3) is 0.308. The van der Waals surface area contributed by atoms with Crippen LogP contribution in [0.15, 0.2) is 52.1 Å². The van der Waals surface area contributed by atoms with Crippen LogP contribution in [0.4, 0.5) is 14.9 Å². The number of amides is 2. The van der Waals surface area contributed by atoms with Gasteiger partial charge in [0.15, 0.2) is 0 Å². The largest absolute Gasteiger partial charge is 0.442 e. The molecule has 0 saturated carbocycles. The zero-order valence-electron chi connectivity index (χ0n) is 20.8. The Morgan fingerprint density at radius 2 is 1.92 bits per heavy atom. The van der Waals surface area contributed by atoms with Gasteiger partial charge in [-0.1, -0.05) is 24.3 Å². The number of nitrogens with one attached hydrogen (secondary N) is 4. The molecule has 0 spiro atoms. The fourth-order valence-electron chi connectivity index (χ4n) is 4.25. The molecule has 1 aromatic heterocycles. The topological polar surface area (TPSA) is 157 Å². The highest BCUT2D eigenvalue weighted by atomic mass is 19.1. The average Bonchev–Trinajstić information content (AvgIpc) is 3.25. The summed E-state index contributed by atoms with van der Waals surface area (Å²) < 4.78 is 20.3. The van der Waals surface area contributed by atoms with E-state index < -0.39 is 35.3 Å². The smallest absolute Gasteiger partial charge is 0.414 e. The molecule has 0 bridgehead atoms. The molecule has 5 N–H and O–H groups in total. The van der Waals surface area contributed by atoms with E-state index in [1.807, 2.05) is 0 Å². The summed E-state index contributed by atoms with van der Waals surface area (Å²) in [4.78, 5) is 52.8. The third-order valence-electron chi connectivity index (χ3n) is 6.30. The predicted molar refractivity (Wildman–Crippen MR) is 137 cm³/mol. The Bertz CT molecular complexity index is 1450. The molecule has 38 heavy (non-hydrogen) atoms. The number of carbonyl (C=O) groups excluding carboxylic acids is 2. The lowest BCUT2D eigenvalue weighted by atomic mass is 10.00. The zero-order valence-corrected chi connectivity index (χ0v) is 20.8. The molecule has 2 aromatic carbocycles. The SMILES string of the molecule is CC(=O)NC[C@H]1CN(c2ccc(-c3ccc([C@H](CO)NCc4c(C)[nH]c(=O)[nH]c4=O)cc3)c(F)c2)C(=O)O1. The summed E-state index contributed by atoms with van der Waals surface area (Å²) in [6, 6.07) is 10.8. The number of rotatable bonds is 9. The van der Waals surface area contributed by atoms with E-state index >= 15 is 4.39 Å². The first-order valence-electron chi connectivity index (χ1n) is 11.9. The van der Waals surface area contributed by atoms with Gasteiger partial charge in [-0.05, 0) is 36.2 Å². The van der Waals surface area contributed by atoms with Crippen LogP contribution in [-0.2, 0) is 16.1 Å². The molecule has 200 valence electrons. The number of aliphatic hydroxyl groups is 1. The number of hydrogen-bond acceptors (Lipinski definition) is 7. The van der Waals surface area contributed by atoms with Crippen molar-refractivity contribution in [2.45, 2.75) is 32.5 Å². The van der Waals surface area contributed by atoms with Gasteiger partial charge in [0, 0.05) is 24.7 Å². The van der Waals surface area contributed by atoms with Gasteiger partial charge in [0.2, 0.25) is 5.91 Å². The number of aromatic nitrogens is 2. The second-order valence-corrected chi connectivity index (χ2v) is 8.97. The highest BCUT2D eigenvalue weighted by Crippen LogP contribution is 2.30. The maximum atomic E-state index is 15.1. The Hall–Kier alpha value is -4.29. The third-order valence-corrected chi connectivity index (χ3v) is 6.30. The molecular weight excluding hydrogens is 497 g/mol. The Labute approximate surface area is 216 Å². The van der Waals surface area contributed by atoms with Crippen molar-refractivity contribution >= 4 is 17.7 Å².